The monoisotopic (exact) mass is 242 g/mol. The second kappa shape index (κ2) is 3.66. The summed E-state index contributed by atoms with van der Waals surface area (Å²) in [6.45, 7) is 1.36. The first-order valence-electron chi connectivity index (χ1n) is 4.87. The molecule has 0 aromatic heterocycles. The van der Waals surface area contributed by atoms with Crippen LogP contribution in [-0.4, -0.2) is 11.5 Å². The lowest BCUT2D eigenvalue weighted by Gasteiger charge is -2.21. The highest BCUT2D eigenvalue weighted by molar-refractivity contribution is 6.42. The largest absolute Gasteiger partial charge is 0.418 e. The van der Waals surface area contributed by atoms with E-state index >= 15 is 0 Å². The smallest absolute Gasteiger partial charge is 0.317 e. The van der Waals surface area contributed by atoms with Crippen LogP contribution in [0.3, 0.4) is 0 Å². The zero-order valence-corrected chi connectivity index (χ0v) is 8.88. The number of nitrogens with zero attached hydrogens (tertiary/aromatic N) is 1. The summed E-state index contributed by atoms with van der Waals surface area (Å²) < 4.78 is 38.2. The molecule has 2 N–H and O–H groups in total. The van der Waals surface area contributed by atoms with E-state index in [1.165, 1.54) is 19.1 Å². The van der Waals surface area contributed by atoms with Gasteiger partial charge >= 0.3 is 6.18 Å². The molecule has 0 fully saturated rings. The molecule has 0 aliphatic carbocycles. The average molecular weight is 242 g/mol. The maximum atomic E-state index is 12.7. The lowest BCUT2D eigenvalue weighted by atomic mass is 9.93. The van der Waals surface area contributed by atoms with Crippen molar-refractivity contribution < 1.29 is 18.0 Å². The molecule has 0 radical (unpaired) electrons. The Hall–Kier alpha value is -1.69. The van der Waals surface area contributed by atoms with E-state index in [1.54, 1.807) is 0 Å². The second-order valence-corrected chi connectivity index (χ2v) is 3.78. The van der Waals surface area contributed by atoms with E-state index in [2.05, 4.69) is 4.99 Å². The Bertz CT molecular complexity index is 520. The van der Waals surface area contributed by atoms with Crippen LogP contribution in [0, 0.1) is 0 Å². The number of hydrogen-bond acceptors (Lipinski definition) is 3. The number of carbonyl (C=O) groups excluding carboxylic acids is 1. The quantitative estimate of drug-likeness (QED) is 0.759. The van der Waals surface area contributed by atoms with Crippen LogP contribution in [-0.2, 0) is 11.0 Å². The van der Waals surface area contributed by atoms with E-state index in [0.29, 0.717) is 0 Å². The van der Waals surface area contributed by atoms with Crippen LogP contribution < -0.4 is 5.73 Å². The fourth-order valence-corrected chi connectivity index (χ4v) is 1.75. The first-order valence-corrected chi connectivity index (χ1v) is 4.87. The summed E-state index contributed by atoms with van der Waals surface area (Å²) in [6, 6.07) is 2.48. The number of benzene rings is 1. The van der Waals surface area contributed by atoms with Gasteiger partial charge in [-0.15, -0.1) is 0 Å². The number of aliphatic imine (C=N–C) groups is 1. The molecule has 0 bridgehead atoms. The lowest BCUT2D eigenvalue weighted by Crippen LogP contribution is -2.30. The van der Waals surface area contributed by atoms with Crippen molar-refractivity contribution in [1.82, 2.24) is 0 Å². The molecule has 0 saturated carbocycles. The van der Waals surface area contributed by atoms with Gasteiger partial charge in [0.05, 0.1) is 23.0 Å². The van der Waals surface area contributed by atoms with Gasteiger partial charge in [0.1, 0.15) is 0 Å². The summed E-state index contributed by atoms with van der Waals surface area (Å²) in [4.78, 5) is 15.2. The molecule has 90 valence electrons. The van der Waals surface area contributed by atoms with Crippen molar-refractivity contribution in [2.45, 2.75) is 19.1 Å². The number of carbonyl (C=O) groups is 1. The molecule has 1 aromatic rings. The minimum absolute atomic E-state index is 0.00157. The number of nitrogens with two attached hydrogens (primary N) is 1. The normalized spacial score (nSPS) is 19.9. The van der Waals surface area contributed by atoms with Crippen molar-refractivity contribution in [1.29, 1.82) is 0 Å². The zero-order chi connectivity index (χ0) is 12.8. The number of halogens is 3. The van der Waals surface area contributed by atoms with Crippen molar-refractivity contribution in [3.05, 3.63) is 29.3 Å². The Morgan fingerprint density at radius 3 is 2.59 bits per heavy atom. The fraction of sp³-hybridized carbons (Fsp3) is 0.273. The minimum atomic E-state index is -4.50. The van der Waals surface area contributed by atoms with Crippen molar-refractivity contribution in [2.75, 3.05) is 0 Å². The van der Waals surface area contributed by atoms with Gasteiger partial charge in [0.25, 0.3) is 0 Å². The van der Waals surface area contributed by atoms with Crippen molar-refractivity contribution in [3.63, 3.8) is 0 Å². The molecule has 1 aromatic carbocycles. The van der Waals surface area contributed by atoms with Crippen LogP contribution >= 0.6 is 0 Å². The highest BCUT2D eigenvalue weighted by atomic mass is 19.4. The highest BCUT2D eigenvalue weighted by Crippen LogP contribution is 2.41. The Balaban J connectivity index is 2.71. The van der Waals surface area contributed by atoms with Gasteiger partial charge in [-0.2, -0.15) is 13.2 Å². The van der Waals surface area contributed by atoms with Gasteiger partial charge < -0.3 is 5.73 Å². The maximum absolute atomic E-state index is 12.7. The number of ketones is 1. The molecule has 1 atom stereocenters. The molecular weight excluding hydrogens is 233 g/mol. The van der Waals surface area contributed by atoms with Gasteiger partial charge in [-0.05, 0) is 13.0 Å². The van der Waals surface area contributed by atoms with E-state index in [1.807, 2.05) is 0 Å². The van der Waals surface area contributed by atoms with E-state index < -0.39 is 23.6 Å². The third kappa shape index (κ3) is 1.84. The van der Waals surface area contributed by atoms with E-state index in [9.17, 15) is 18.0 Å². The van der Waals surface area contributed by atoms with Gasteiger partial charge in [0, 0.05) is 5.56 Å². The summed E-state index contributed by atoms with van der Waals surface area (Å²) >= 11 is 0. The molecule has 0 saturated heterocycles. The standard InChI is InChI=1S/C11H9F3N2O/c1-5-10(17)8(15)6-3-2-4-7(9(6)16-5)11(12,13)14/h2-4,8H,15H2,1H3. The van der Waals surface area contributed by atoms with E-state index in [0.717, 1.165) is 6.07 Å². The molecule has 2 rings (SSSR count). The van der Waals surface area contributed by atoms with Gasteiger partial charge in [0.15, 0.2) is 5.78 Å². The third-order valence-electron chi connectivity index (χ3n) is 2.63. The third-order valence-corrected chi connectivity index (χ3v) is 2.63. The van der Waals surface area contributed by atoms with Crippen molar-refractivity contribution in [2.24, 2.45) is 10.7 Å². The zero-order valence-electron chi connectivity index (χ0n) is 8.88. The summed E-state index contributed by atoms with van der Waals surface area (Å²) in [5, 5.41) is 0. The van der Waals surface area contributed by atoms with Crippen LogP contribution in [0.1, 0.15) is 24.1 Å². The summed E-state index contributed by atoms with van der Waals surface area (Å²) in [7, 11) is 0. The summed E-state index contributed by atoms with van der Waals surface area (Å²) in [6.07, 6.45) is -4.50. The van der Waals surface area contributed by atoms with Crippen LogP contribution in [0.4, 0.5) is 18.9 Å². The minimum Gasteiger partial charge on any atom is -0.317 e. The molecule has 0 amide bonds. The summed E-state index contributed by atoms with van der Waals surface area (Å²) in [5.74, 6) is -0.447. The molecule has 0 spiro atoms. The number of fused-ring (bicyclic) bond motifs is 1. The predicted molar refractivity (Wildman–Crippen MR) is 56.1 cm³/mol. The molecule has 17 heavy (non-hydrogen) atoms. The van der Waals surface area contributed by atoms with Crippen LogP contribution in [0.25, 0.3) is 0 Å². The Morgan fingerprint density at radius 1 is 1.35 bits per heavy atom. The number of alkyl halides is 3. The highest BCUT2D eigenvalue weighted by Gasteiger charge is 2.37. The lowest BCUT2D eigenvalue weighted by molar-refractivity contribution is -0.137. The number of rotatable bonds is 0. The molecule has 6 heteroatoms. The molecule has 1 aliphatic heterocycles. The first-order chi connectivity index (χ1) is 7.82. The number of Topliss-reactive ketones (excluding diaryl/α,β-unsaturated/α-hetero) is 1. The maximum Gasteiger partial charge on any atom is 0.418 e. The average Bonchev–Trinajstić information content (AvgIpc) is 2.24. The van der Waals surface area contributed by atoms with Crippen molar-refractivity contribution >= 4 is 17.2 Å². The predicted octanol–water partition coefficient (Wildman–Crippen LogP) is 2.38. The second-order valence-electron chi connectivity index (χ2n) is 3.78. The molecule has 3 nitrogen and oxygen atoms in total. The van der Waals surface area contributed by atoms with Crippen LogP contribution in [0.15, 0.2) is 23.2 Å². The molecule has 1 heterocycles. The number of hydrogen-bond donors (Lipinski definition) is 1. The van der Waals surface area contributed by atoms with Gasteiger partial charge in [-0.1, -0.05) is 12.1 Å². The number of para-hydroxylation sites is 1. The first kappa shape index (κ1) is 11.8. The fourth-order valence-electron chi connectivity index (χ4n) is 1.75. The van der Waals surface area contributed by atoms with Crippen LogP contribution in [0.5, 0.6) is 0 Å². The van der Waals surface area contributed by atoms with Gasteiger partial charge in [-0.3, -0.25) is 4.79 Å². The molecular formula is C11H9F3N2O. The van der Waals surface area contributed by atoms with E-state index in [-0.39, 0.29) is 17.0 Å². The van der Waals surface area contributed by atoms with Crippen molar-refractivity contribution in [3.8, 4) is 0 Å². The Morgan fingerprint density at radius 2 is 2.00 bits per heavy atom. The Labute approximate surface area is 95.1 Å². The summed E-state index contributed by atoms with van der Waals surface area (Å²) in [5.41, 5.74) is 4.61. The molecule has 1 aliphatic rings. The SMILES string of the molecule is CC1=Nc2c(cccc2C(F)(F)F)C(N)C1=O. The Kier molecular flexibility index (Phi) is 2.54. The van der Waals surface area contributed by atoms with E-state index in [4.69, 9.17) is 5.73 Å². The molecule has 1 unspecified atom stereocenters. The van der Waals surface area contributed by atoms with Gasteiger partial charge in [-0.25, -0.2) is 4.99 Å². The van der Waals surface area contributed by atoms with Gasteiger partial charge in [0.2, 0.25) is 0 Å². The van der Waals surface area contributed by atoms with Crippen LogP contribution in [0.2, 0.25) is 0 Å². The topological polar surface area (TPSA) is 55.4 Å².